The number of pyridine rings is 1. The smallest absolute Gasteiger partial charge is 0.247 e. The van der Waals surface area contributed by atoms with Crippen molar-refractivity contribution in [3.8, 4) is 0 Å². The number of amides is 1. The van der Waals surface area contributed by atoms with Gasteiger partial charge in [0.05, 0.1) is 4.90 Å². The van der Waals surface area contributed by atoms with Crippen LogP contribution in [-0.2, 0) is 14.8 Å². The maximum absolute atomic E-state index is 12.4. The molecule has 1 amide bonds. The average Bonchev–Trinajstić information content (AvgIpc) is 2.47. The van der Waals surface area contributed by atoms with E-state index in [0.717, 1.165) is 0 Å². The Bertz CT molecular complexity index is 652. The van der Waals surface area contributed by atoms with Crippen molar-refractivity contribution >= 4 is 15.9 Å². The number of hydrogen-bond donors (Lipinski definition) is 1. The average molecular weight is 313 g/mol. The topological polar surface area (TPSA) is 90.6 Å². The van der Waals surface area contributed by atoms with Gasteiger partial charge < -0.3 is 9.88 Å². The van der Waals surface area contributed by atoms with Gasteiger partial charge in [0.1, 0.15) is 0 Å². The van der Waals surface area contributed by atoms with Gasteiger partial charge in [0.15, 0.2) is 0 Å². The van der Waals surface area contributed by atoms with Crippen LogP contribution in [0.4, 0.5) is 0 Å². The maximum Gasteiger partial charge on any atom is 0.247 e. The van der Waals surface area contributed by atoms with E-state index in [1.54, 1.807) is 14.1 Å². The molecule has 116 valence electrons. The van der Waals surface area contributed by atoms with E-state index in [9.17, 15) is 18.0 Å². The molecule has 8 heteroatoms. The minimum atomic E-state index is -3.61. The minimum Gasteiger partial charge on any atom is -0.349 e. The predicted molar refractivity (Wildman–Crippen MR) is 77.2 cm³/mol. The van der Waals surface area contributed by atoms with Crippen LogP contribution in [0.1, 0.15) is 12.8 Å². The number of aromatic amines is 1. The first kappa shape index (κ1) is 15.7. The number of nitrogens with zero attached hydrogens (tertiary/aromatic N) is 2. The number of H-pyrrole nitrogens is 1. The summed E-state index contributed by atoms with van der Waals surface area (Å²) in [5.74, 6) is -0.0851. The zero-order chi connectivity index (χ0) is 15.6. The number of rotatable bonds is 3. The summed E-state index contributed by atoms with van der Waals surface area (Å²) < 4.78 is 26.2. The Labute approximate surface area is 123 Å². The fourth-order valence-electron chi connectivity index (χ4n) is 2.41. The van der Waals surface area contributed by atoms with Gasteiger partial charge in [-0.15, -0.1) is 0 Å². The van der Waals surface area contributed by atoms with Crippen molar-refractivity contribution in [1.29, 1.82) is 0 Å². The molecule has 0 saturated carbocycles. The lowest BCUT2D eigenvalue weighted by atomic mass is 9.97. The molecule has 1 N–H and O–H groups in total. The standard InChI is InChI=1S/C13H19N3O4S/c1-15(2)13(18)10-5-7-16(8-6-10)21(19,20)11-3-4-12(17)14-9-11/h3-4,9-10H,5-8H2,1-2H3,(H,14,17). The van der Waals surface area contributed by atoms with Gasteiger partial charge >= 0.3 is 0 Å². The Morgan fingerprint density at radius 1 is 1.29 bits per heavy atom. The number of hydrogen-bond acceptors (Lipinski definition) is 4. The third kappa shape index (κ3) is 3.33. The first-order valence-corrected chi connectivity index (χ1v) is 8.16. The molecule has 1 fully saturated rings. The first-order chi connectivity index (χ1) is 9.82. The van der Waals surface area contributed by atoms with Gasteiger partial charge in [-0.1, -0.05) is 0 Å². The molecule has 1 aliphatic rings. The summed E-state index contributed by atoms with van der Waals surface area (Å²) in [6.07, 6.45) is 2.23. The van der Waals surface area contributed by atoms with Crippen molar-refractivity contribution in [2.24, 2.45) is 5.92 Å². The summed E-state index contributed by atoms with van der Waals surface area (Å²) >= 11 is 0. The highest BCUT2D eigenvalue weighted by atomic mass is 32.2. The summed E-state index contributed by atoms with van der Waals surface area (Å²) in [4.78, 5) is 26.9. The fraction of sp³-hybridized carbons (Fsp3) is 0.538. The Morgan fingerprint density at radius 3 is 2.38 bits per heavy atom. The molecule has 1 aromatic heterocycles. The molecule has 1 aliphatic heterocycles. The van der Waals surface area contributed by atoms with Gasteiger partial charge in [-0.3, -0.25) is 9.59 Å². The number of piperidine rings is 1. The van der Waals surface area contributed by atoms with Crippen LogP contribution in [0.2, 0.25) is 0 Å². The number of nitrogens with one attached hydrogen (secondary N) is 1. The van der Waals surface area contributed by atoms with Crippen LogP contribution in [0.3, 0.4) is 0 Å². The van der Waals surface area contributed by atoms with Crippen LogP contribution >= 0.6 is 0 Å². The third-order valence-electron chi connectivity index (χ3n) is 3.64. The second kappa shape index (κ2) is 5.98. The first-order valence-electron chi connectivity index (χ1n) is 6.72. The van der Waals surface area contributed by atoms with Gasteiger partial charge in [-0.25, -0.2) is 8.42 Å². The van der Waals surface area contributed by atoms with E-state index in [0.29, 0.717) is 25.9 Å². The Kier molecular flexibility index (Phi) is 4.48. The summed E-state index contributed by atoms with van der Waals surface area (Å²) in [7, 11) is -0.210. The van der Waals surface area contributed by atoms with E-state index >= 15 is 0 Å². The molecule has 2 heterocycles. The molecule has 1 saturated heterocycles. The highest BCUT2D eigenvalue weighted by molar-refractivity contribution is 7.89. The molecule has 0 aliphatic carbocycles. The second-order valence-electron chi connectivity index (χ2n) is 5.30. The number of carbonyl (C=O) groups excluding carboxylic acids is 1. The summed E-state index contributed by atoms with van der Waals surface area (Å²) in [6.45, 7) is 0.622. The summed E-state index contributed by atoms with van der Waals surface area (Å²) in [6, 6.07) is 2.49. The zero-order valence-corrected chi connectivity index (χ0v) is 12.9. The van der Waals surface area contributed by atoms with Crippen molar-refractivity contribution in [2.45, 2.75) is 17.7 Å². The Balaban J connectivity index is 2.09. The molecule has 0 unspecified atom stereocenters. The van der Waals surface area contributed by atoms with Crippen molar-refractivity contribution < 1.29 is 13.2 Å². The number of aromatic nitrogens is 1. The minimum absolute atomic E-state index is 0.0380. The van der Waals surface area contributed by atoms with E-state index in [1.807, 2.05) is 0 Å². The van der Waals surface area contributed by atoms with E-state index in [2.05, 4.69) is 4.98 Å². The van der Waals surface area contributed by atoms with Gasteiger partial charge in [-0.2, -0.15) is 4.31 Å². The van der Waals surface area contributed by atoms with E-state index in [1.165, 1.54) is 27.5 Å². The molecule has 0 bridgehead atoms. The molecule has 0 radical (unpaired) electrons. The largest absolute Gasteiger partial charge is 0.349 e. The normalized spacial score (nSPS) is 17.6. The molecule has 7 nitrogen and oxygen atoms in total. The van der Waals surface area contributed by atoms with Crippen molar-refractivity contribution in [2.75, 3.05) is 27.2 Å². The number of sulfonamides is 1. The lowest BCUT2D eigenvalue weighted by molar-refractivity contribution is -0.134. The monoisotopic (exact) mass is 313 g/mol. The lowest BCUT2D eigenvalue weighted by Gasteiger charge is -2.31. The van der Waals surface area contributed by atoms with Crippen LogP contribution in [0.25, 0.3) is 0 Å². The molecule has 0 aromatic carbocycles. The quantitative estimate of drug-likeness (QED) is 0.841. The third-order valence-corrected chi connectivity index (χ3v) is 5.53. The Hall–Kier alpha value is -1.67. The van der Waals surface area contributed by atoms with Crippen LogP contribution in [0.15, 0.2) is 28.0 Å². The van der Waals surface area contributed by atoms with Crippen molar-refractivity contribution in [1.82, 2.24) is 14.2 Å². The van der Waals surface area contributed by atoms with Crippen LogP contribution in [0, 0.1) is 5.92 Å². The highest BCUT2D eigenvalue weighted by Crippen LogP contribution is 2.24. The van der Waals surface area contributed by atoms with E-state index in [-0.39, 0.29) is 22.3 Å². The maximum atomic E-state index is 12.4. The van der Waals surface area contributed by atoms with E-state index < -0.39 is 10.0 Å². The van der Waals surface area contributed by atoms with E-state index in [4.69, 9.17) is 0 Å². The summed E-state index contributed by atoms with van der Waals surface area (Å²) in [5, 5.41) is 0. The number of carbonyl (C=O) groups is 1. The second-order valence-corrected chi connectivity index (χ2v) is 7.24. The molecular weight excluding hydrogens is 294 g/mol. The molecular formula is C13H19N3O4S. The van der Waals surface area contributed by atoms with Gasteiger partial charge in [-0.05, 0) is 18.9 Å². The molecule has 0 atom stereocenters. The molecule has 2 rings (SSSR count). The van der Waals surface area contributed by atoms with Crippen LogP contribution < -0.4 is 5.56 Å². The van der Waals surface area contributed by atoms with Crippen LogP contribution in [0.5, 0.6) is 0 Å². The molecule has 21 heavy (non-hydrogen) atoms. The fourth-order valence-corrected chi connectivity index (χ4v) is 3.85. The van der Waals surface area contributed by atoms with Crippen LogP contribution in [-0.4, -0.2) is 55.7 Å². The SMILES string of the molecule is CN(C)C(=O)C1CCN(S(=O)(=O)c2ccc(=O)[nH]c2)CC1. The van der Waals surface area contributed by atoms with Crippen molar-refractivity contribution in [3.63, 3.8) is 0 Å². The predicted octanol–water partition coefficient (Wildman–Crippen LogP) is -0.136. The zero-order valence-electron chi connectivity index (χ0n) is 12.1. The molecule has 0 spiro atoms. The van der Waals surface area contributed by atoms with Gasteiger partial charge in [0, 0.05) is 45.4 Å². The highest BCUT2D eigenvalue weighted by Gasteiger charge is 2.32. The lowest BCUT2D eigenvalue weighted by Crippen LogP contribution is -2.42. The van der Waals surface area contributed by atoms with Gasteiger partial charge in [0.25, 0.3) is 0 Å². The molecule has 1 aromatic rings. The van der Waals surface area contributed by atoms with Crippen molar-refractivity contribution in [3.05, 3.63) is 28.7 Å². The van der Waals surface area contributed by atoms with Gasteiger partial charge in [0.2, 0.25) is 21.5 Å². The summed E-state index contributed by atoms with van der Waals surface area (Å²) in [5.41, 5.74) is -0.343. The Morgan fingerprint density at radius 2 is 1.90 bits per heavy atom.